The van der Waals surface area contributed by atoms with E-state index in [2.05, 4.69) is 0 Å². The number of carbonyl (C=O) groups excluding carboxylic acids is 2. The first kappa shape index (κ1) is 21.7. The summed E-state index contributed by atoms with van der Waals surface area (Å²) in [7, 11) is 0. The lowest BCUT2D eigenvalue weighted by molar-refractivity contribution is 0.0320. The van der Waals surface area contributed by atoms with E-state index in [0.29, 0.717) is 32.7 Å². The predicted molar refractivity (Wildman–Crippen MR) is 127 cm³/mol. The molecule has 0 aliphatic rings. The zero-order chi connectivity index (χ0) is 22.8. The number of aromatic nitrogens is 1. The Labute approximate surface area is 191 Å². The van der Waals surface area contributed by atoms with Gasteiger partial charge in [-0.05, 0) is 51.1 Å². The van der Waals surface area contributed by atoms with Crippen LogP contribution in [0, 0.1) is 13.8 Å². The van der Waals surface area contributed by atoms with Crippen molar-refractivity contribution in [1.29, 1.82) is 0 Å². The maximum Gasteiger partial charge on any atom is 0.339 e. The van der Waals surface area contributed by atoms with Gasteiger partial charge >= 0.3 is 5.97 Å². The molecule has 0 amide bonds. The molecule has 0 saturated carbocycles. The molecule has 4 rings (SSSR count). The number of hydrogen-bond acceptors (Lipinski definition) is 4. The summed E-state index contributed by atoms with van der Waals surface area (Å²) in [6, 6.07) is 21.9. The number of esters is 1. The lowest BCUT2D eigenvalue weighted by atomic mass is 10.0. The van der Waals surface area contributed by atoms with E-state index in [-0.39, 0.29) is 5.78 Å². The zero-order valence-electron chi connectivity index (χ0n) is 18.1. The third-order valence-corrected chi connectivity index (χ3v) is 5.57. The van der Waals surface area contributed by atoms with E-state index < -0.39 is 12.1 Å². The van der Waals surface area contributed by atoms with Crippen molar-refractivity contribution in [2.75, 3.05) is 0 Å². The van der Waals surface area contributed by atoms with Crippen molar-refractivity contribution < 1.29 is 14.3 Å². The van der Waals surface area contributed by atoms with Crippen LogP contribution in [-0.4, -0.2) is 22.8 Å². The molecule has 1 aromatic heterocycles. The second-order valence-corrected chi connectivity index (χ2v) is 8.30. The predicted octanol–water partition coefficient (Wildman–Crippen LogP) is 6.60. The van der Waals surface area contributed by atoms with Gasteiger partial charge < -0.3 is 4.74 Å². The van der Waals surface area contributed by atoms with Crippen LogP contribution < -0.4 is 0 Å². The molecule has 0 spiro atoms. The number of ketones is 1. The molecule has 0 aliphatic carbocycles. The first-order valence-electron chi connectivity index (χ1n) is 10.3. The fourth-order valence-electron chi connectivity index (χ4n) is 3.51. The second-order valence-electron chi connectivity index (χ2n) is 7.86. The normalized spacial score (nSPS) is 11.9. The highest BCUT2D eigenvalue weighted by molar-refractivity contribution is 6.30. The van der Waals surface area contributed by atoms with Crippen molar-refractivity contribution in [2.24, 2.45) is 0 Å². The number of benzene rings is 3. The van der Waals surface area contributed by atoms with Crippen LogP contribution in [0.15, 0.2) is 72.8 Å². The van der Waals surface area contributed by atoms with Gasteiger partial charge in [-0.1, -0.05) is 65.2 Å². The molecule has 160 valence electrons. The molecular weight excluding hydrogens is 422 g/mol. The van der Waals surface area contributed by atoms with Gasteiger partial charge in [-0.25, -0.2) is 9.78 Å². The Bertz CT molecular complexity index is 1310. The van der Waals surface area contributed by atoms with Crippen LogP contribution in [0.3, 0.4) is 0 Å². The van der Waals surface area contributed by atoms with Crippen LogP contribution in [0.2, 0.25) is 5.02 Å². The van der Waals surface area contributed by atoms with Crippen LogP contribution in [0.4, 0.5) is 0 Å². The maximum absolute atomic E-state index is 13.2. The van der Waals surface area contributed by atoms with E-state index >= 15 is 0 Å². The second kappa shape index (κ2) is 8.93. The third kappa shape index (κ3) is 4.56. The van der Waals surface area contributed by atoms with Gasteiger partial charge in [0.2, 0.25) is 5.78 Å². The molecule has 0 bridgehead atoms. The van der Waals surface area contributed by atoms with Gasteiger partial charge in [-0.15, -0.1) is 0 Å². The average molecular weight is 444 g/mol. The number of hydrogen-bond donors (Lipinski definition) is 0. The summed E-state index contributed by atoms with van der Waals surface area (Å²) >= 11 is 6.01. The monoisotopic (exact) mass is 443 g/mol. The Morgan fingerprint density at radius 3 is 2.22 bits per heavy atom. The van der Waals surface area contributed by atoms with Gasteiger partial charge in [0, 0.05) is 21.5 Å². The number of Topliss-reactive ketones (excluding diaryl/α,β-unsaturated/α-hetero) is 1. The van der Waals surface area contributed by atoms with Crippen molar-refractivity contribution in [3.8, 4) is 11.3 Å². The molecule has 0 saturated heterocycles. The lowest BCUT2D eigenvalue weighted by Gasteiger charge is -2.15. The van der Waals surface area contributed by atoms with Gasteiger partial charge in [0.15, 0.2) is 6.10 Å². The van der Waals surface area contributed by atoms with Gasteiger partial charge in [-0.2, -0.15) is 0 Å². The van der Waals surface area contributed by atoms with E-state index in [4.69, 9.17) is 21.3 Å². The summed E-state index contributed by atoms with van der Waals surface area (Å²) in [5.74, 6) is -0.808. The van der Waals surface area contributed by atoms with Crippen LogP contribution >= 0.6 is 11.6 Å². The van der Waals surface area contributed by atoms with Gasteiger partial charge in [-0.3, -0.25) is 4.79 Å². The number of nitrogens with zero attached hydrogens (tertiary/aromatic N) is 1. The summed E-state index contributed by atoms with van der Waals surface area (Å²) in [4.78, 5) is 30.7. The summed E-state index contributed by atoms with van der Waals surface area (Å²) in [5, 5.41) is 1.30. The molecule has 5 heteroatoms. The third-order valence-electron chi connectivity index (χ3n) is 5.31. The number of ether oxygens (including phenoxy) is 1. The SMILES string of the molecule is Cc1ccc(C(=O)[C@H](C)OC(=O)c2cc(-c3ccc(Cl)cc3)nc3ccc(C)cc23)cc1. The number of aryl methyl sites for hydroxylation is 2. The molecule has 1 heterocycles. The lowest BCUT2D eigenvalue weighted by Crippen LogP contribution is -2.24. The molecule has 4 nitrogen and oxygen atoms in total. The molecule has 3 aromatic carbocycles. The average Bonchev–Trinajstić information content (AvgIpc) is 2.78. The number of carbonyl (C=O) groups is 2. The first-order valence-corrected chi connectivity index (χ1v) is 10.7. The fourth-order valence-corrected chi connectivity index (χ4v) is 3.63. The van der Waals surface area contributed by atoms with Crippen LogP contribution in [0.25, 0.3) is 22.2 Å². The molecule has 4 aromatic rings. The van der Waals surface area contributed by atoms with Crippen molar-refractivity contribution in [2.45, 2.75) is 26.9 Å². The highest BCUT2D eigenvalue weighted by atomic mass is 35.5. The van der Waals surface area contributed by atoms with Crippen molar-refractivity contribution in [1.82, 2.24) is 4.98 Å². The molecule has 0 N–H and O–H groups in total. The van der Waals surface area contributed by atoms with Gasteiger partial charge in [0.05, 0.1) is 16.8 Å². The van der Waals surface area contributed by atoms with Gasteiger partial charge in [0.25, 0.3) is 0 Å². The van der Waals surface area contributed by atoms with Crippen molar-refractivity contribution in [3.63, 3.8) is 0 Å². The topological polar surface area (TPSA) is 56.3 Å². The molecule has 0 fully saturated rings. The van der Waals surface area contributed by atoms with E-state index in [1.54, 1.807) is 37.3 Å². The Morgan fingerprint density at radius 2 is 1.53 bits per heavy atom. The smallest absolute Gasteiger partial charge is 0.339 e. The van der Waals surface area contributed by atoms with Crippen LogP contribution in [-0.2, 0) is 4.74 Å². The molecule has 0 unspecified atom stereocenters. The summed E-state index contributed by atoms with van der Waals surface area (Å²) < 4.78 is 5.60. The Morgan fingerprint density at radius 1 is 0.875 bits per heavy atom. The largest absolute Gasteiger partial charge is 0.451 e. The summed E-state index contributed by atoms with van der Waals surface area (Å²) in [5.41, 5.74) is 5.06. The number of fused-ring (bicyclic) bond motifs is 1. The van der Waals surface area contributed by atoms with E-state index in [9.17, 15) is 9.59 Å². The van der Waals surface area contributed by atoms with E-state index in [0.717, 1.165) is 16.7 Å². The Hall–Kier alpha value is -3.50. The summed E-state index contributed by atoms with van der Waals surface area (Å²) in [6.07, 6.45) is -0.919. The molecule has 0 radical (unpaired) electrons. The fraction of sp³-hybridized carbons (Fsp3) is 0.148. The highest BCUT2D eigenvalue weighted by Crippen LogP contribution is 2.27. The molecular formula is C27H22ClNO3. The maximum atomic E-state index is 13.2. The highest BCUT2D eigenvalue weighted by Gasteiger charge is 2.23. The minimum atomic E-state index is -0.919. The molecule has 1 atom stereocenters. The van der Waals surface area contributed by atoms with Gasteiger partial charge in [0.1, 0.15) is 0 Å². The van der Waals surface area contributed by atoms with Crippen LogP contribution in [0.5, 0.6) is 0 Å². The Balaban J connectivity index is 1.70. The summed E-state index contributed by atoms with van der Waals surface area (Å²) in [6.45, 7) is 5.49. The van der Waals surface area contributed by atoms with E-state index in [1.807, 2.05) is 56.3 Å². The number of rotatable bonds is 5. The van der Waals surface area contributed by atoms with Crippen molar-refractivity contribution >= 4 is 34.3 Å². The van der Waals surface area contributed by atoms with E-state index in [1.165, 1.54) is 0 Å². The van der Waals surface area contributed by atoms with Crippen molar-refractivity contribution in [3.05, 3.63) is 100 Å². The van der Waals surface area contributed by atoms with Crippen LogP contribution in [0.1, 0.15) is 38.8 Å². The number of pyridine rings is 1. The Kier molecular flexibility index (Phi) is 6.06. The number of halogens is 1. The standard InChI is InChI=1S/C27H22ClNO3/c1-16-4-7-20(8-5-16)26(30)18(3)32-27(31)23-15-25(19-9-11-21(28)12-10-19)29-24-13-6-17(2)14-22(23)24/h4-15,18H,1-3H3/t18-/m0/s1. The minimum absolute atomic E-state index is 0.245. The molecule has 32 heavy (non-hydrogen) atoms. The quantitative estimate of drug-likeness (QED) is 0.257. The molecule has 0 aliphatic heterocycles. The minimum Gasteiger partial charge on any atom is -0.451 e. The first-order chi connectivity index (χ1) is 15.3. The zero-order valence-corrected chi connectivity index (χ0v) is 18.8.